The number of fused-ring (bicyclic) bond motifs is 1. The highest BCUT2D eigenvalue weighted by Crippen LogP contribution is 2.28. The molecule has 0 radical (unpaired) electrons. The molecule has 0 aliphatic rings. The molecular formula is C16H19BrO. The van der Waals surface area contributed by atoms with E-state index in [1.165, 1.54) is 10.8 Å². The Labute approximate surface area is 117 Å². The van der Waals surface area contributed by atoms with E-state index in [0.717, 1.165) is 22.9 Å². The molecule has 2 aromatic rings. The molecule has 0 heterocycles. The van der Waals surface area contributed by atoms with Crippen LogP contribution < -0.4 is 0 Å². The Kier molecular flexibility index (Phi) is 4.41. The van der Waals surface area contributed by atoms with Gasteiger partial charge in [-0.2, -0.15) is 0 Å². The summed E-state index contributed by atoms with van der Waals surface area (Å²) in [6.45, 7) is 4.26. The van der Waals surface area contributed by atoms with E-state index in [1.807, 2.05) is 12.1 Å². The van der Waals surface area contributed by atoms with Crippen LogP contribution in [0.15, 0.2) is 40.9 Å². The van der Waals surface area contributed by atoms with Crippen molar-refractivity contribution in [1.82, 2.24) is 0 Å². The van der Waals surface area contributed by atoms with Gasteiger partial charge in [-0.15, -0.1) is 0 Å². The molecule has 96 valence electrons. The monoisotopic (exact) mass is 306 g/mol. The predicted molar refractivity (Wildman–Crippen MR) is 80.7 cm³/mol. The second-order valence-electron chi connectivity index (χ2n) is 4.96. The molecule has 0 bridgehead atoms. The molecular weight excluding hydrogens is 288 g/mol. The van der Waals surface area contributed by atoms with Crippen LogP contribution in [0.1, 0.15) is 38.4 Å². The molecule has 2 unspecified atom stereocenters. The first-order valence-corrected chi connectivity index (χ1v) is 7.28. The van der Waals surface area contributed by atoms with E-state index in [1.54, 1.807) is 0 Å². The third kappa shape index (κ3) is 2.93. The maximum absolute atomic E-state index is 10.3. The van der Waals surface area contributed by atoms with E-state index >= 15 is 0 Å². The lowest BCUT2D eigenvalue weighted by Crippen LogP contribution is -2.08. The van der Waals surface area contributed by atoms with E-state index in [0.29, 0.717) is 5.92 Å². The second kappa shape index (κ2) is 5.85. The first-order valence-electron chi connectivity index (χ1n) is 6.49. The number of aliphatic hydroxyl groups is 1. The molecule has 2 heteroatoms. The van der Waals surface area contributed by atoms with Gasteiger partial charge in [-0.25, -0.2) is 0 Å². The van der Waals surface area contributed by atoms with Gasteiger partial charge in [0.1, 0.15) is 0 Å². The molecule has 1 N–H and O–H groups in total. The average Bonchev–Trinajstić information content (AvgIpc) is 2.37. The zero-order chi connectivity index (χ0) is 13.1. The van der Waals surface area contributed by atoms with Gasteiger partial charge in [0.2, 0.25) is 0 Å². The van der Waals surface area contributed by atoms with Crippen molar-refractivity contribution in [2.45, 2.75) is 32.8 Å². The number of hydrogen-bond acceptors (Lipinski definition) is 1. The Hall–Kier alpha value is -0.860. The summed E-state index contributed by atoms with van der Waals surface area (Å²) in [6.07, 6.45) is 1.80. The molecule has 0 aliphatic carbocycles. The Morgan fingerprint density at radius 3 is 2.50 bits per heavy atom. The van der Waals surface area contributed by atoms with Crippen molar-refractivity contribution >= 4 is 26.7 Å². The van der Waals surface area contributed by atoms with Crippen LogP contribution in [0.2, 0.25) is 0 Å². The smallest absolute Gasteiger partial charge is 0.0815 e. The van der Waals surface area contributed by atoms with Gasteiger partial charge < -0.3 is 5.11 Å². The minimum Gasteiger partial charge on any atom is -0.388 e. The highest BCUT2D eigenvalue weighted by Gasteiger charge is 2.15. The SMILES string of the molecule is CCCC(C)C(O)c1ccc2cc(Br)ccc2c1. The van der Waals surface area contributed by atoms with Crippen LogP contribution in [-0.4, -0.2) is 5.11 Å². The Balaban J connectivity index is 2.32. The fourth-order valence-electron chi connectivity index (χ4n) is 2.36. The molecule has 0 aliphatic heterocycles. The van der Waals surface area contributed by atoms with E-state index in [9.17, 15) is 5.11 Å². The Bertz CT molecular complexity index is 536. The summed E-state index contributed by atoms with van der Waals surface area (Å²) in [5.41, 5.74) is 1.02. The molecule has 18 heavy (non-hydrogen) atoms. The van der Waals surface area contributed by atoms with Crippen molar-refractivity contribution in [3.8, 4) is 0 Å². The molecule has 2 aromatic carbocycles. The van der Waals surface area contributed by atoms with Crippen LogP contribution in [0.3, 0.4) is 0 Å². The van der Waals surface area contributed by atoms with Crippen molar-refractivity contribution in [1.29, 1.82) is 0 Å². The van der Waals surface area contributed by atoms with Gasteiger partial charge in [0.05, 0.1) is 6.10 Å². The maximum Gasteiger partial charge on any atom is 0.0815 e. The summed E-state index contributed by atoms with van der Waals surface area (Å²) in [4.78, 5) is 0. The first kappa shape index (κ1) is 13.6. The minimum absolute atomic E-state index is 0.308. The van der Waals surface area contributed by atoms with Crippen LogP contribution in [-0.2, 0) is 0 Å². The lowest BCUT2D eigenvalue weighted by Gasteiger charge is -2.19. The zero-order valence-electron chi connectivity index (χ0n) is 10.9. The third-order valence-electron chi connectivity index (χ3n) is 3.45. The van der Waals surface area contributed by atoms with Crippen molar-refractivity contribution in [3.05, 3.63) is 46.4 Å². The average molecular weight is 307 g/mol. The molecule has 0 saturated carbocycles. The summed E-state index contributed by atoms with van der Waals surface area (Å²) < 4.78 is 1.09. The van der Waals surface area contributed by atoms with Crippen LogP contribution in [0, 0.1) is 5.92 Å². The van der Waals surface area contributed by atoms with Gasteiger partial charge in [-0.1, -0.05) is 54.4 Å². The van der Waals surface area contributed by atoms with Gasteiger partial charge in [0.25, 0.3) is 0 Å². The quantitative estimate of drug-likeness (QED) is 0.836. The summed E-state index contributed by atoms with van der Waals surface area (Å²) in [5, 5.41) is 12.7. The summed E-state index contributed by atoms with van der Waals surface area (Å²) in [6, 6.07) is 12.4. The van der Waals surface area contributed by atoms with Gasteiger partial charge in [-0.05, 0) is 46.9 Å². The zero-order valence-corrected chi connectivity index (χ0v) is 12.4. The normalized spacial score (nSPS) is 14.7. The van der Waals surface area contributed by atoms with Crippen molar-refractivity contribution in [2.24, 2.45) is 5.92 Å². The van der Waals surface area contributed by atoms with E-state index < -0.39 is 0 Å². The minimum atomic E-state index is -0.363. The van der Waals surface area contributed by atoms with Crippen LogP contribution in [0.4, 0.5) is 0 Å². The summed E-state index contributed by atoms with van der Waals surface area (Å²) in [5.74, 6) is 0.308. The molecule has 2 rings (SSSR count). The largest absolute Gasteiger partial charge is 0.388 e. The first-order chi connectivity index (χ1) is 8.61. The standard InChI is InChI=1S/C16H19BrO/c1-3-4-11(2)16(18)14-6-5-13-10-15(17)8-7-12(13)9-14/h5-11,16,18H,3-4H2,1-2H3. The predicted octanol–water partition coefficient (Wildman–Crippen LogP) is 5.07. The number of halogens is 1. The molecule has 0 amide bonds. The van der Waals surface area contributed by atoms with Gasteiger partial charge in [-0.3, -0.25) is 0 Å². The molecule has 0 spiro atoms. The maximum atomic E-state index is 10.3. The lowest BCUT2D eigenvalue weighted by atomic mass is 9.92. The van der Waals surface area contributed by atoms with Crippen LogP contribution >= 0.6 is 15.9 Å². The topological polar surface area (TPSA) is 20.2 Å². The van der Waals surface area contributed by atoms with Crippen molar-refractivity contribution < 1.29 is 5.11 Å². The van der Waals surface area contributed by atoms with Crippen LogP contribution in [0.25, 0.3) is 10.8 Å². The Morgan fingerprint density at radius 1 is 1.11 bits per heavy atom. The fraction of sp³-hybridized carbons (Fsp3) is 0.375. The van der Waals surface area contributed by atoms with E-state index in [2.05, 4.69) is 54.0 Å². The van der Waals surface area contributed by atoms with Crippen molar-refractivity contribution in [2.75, 3.05) is 0 Å². The van der Waals surface area contributed by atoms with Crippen LogP contribution in [0.5, 0.6) is 0 Å². The van der Waals surface area contributed by atoms with Gasteiger partial charge in [0.15, 0.2) is 0 Å². The highest BCUT2D eigenvalue weighted by molar-refractivity contribution is 9.10. The number of rotatable bonds is 4. The van der Waals surface area contributed by atoms with Gasteiger partial charge in [0, 0.05) is 4.47 Å². The molecule has 2 atom stereocenters. The van der Waals surface area contributed by atoms with E-state index in [-0.39, 0.29) is 6.10 Å². The van der Waals surface area contributed by atoms with E-state index in [4.69, 9.17) is 0 Å². The third-order valence-corrected chi connectivity index (χ3v) is 3.94. The second-order valence-corrected chi connectivity index (χ2v) is 5.88. The number of hydrogen-bond donors (Lipinski definition) is 1. The summed E-state index contributed by atoms with van der Waals surface area (Å²) in [7, 11) is 0. The molecule has 0 fully saturated rings. The number of benzene rings is 2. The molecule has 1 nitrogen and oxygen atoms in total. The summed E-state index contributed by atoms with van der Waals surface area (Å²) >= 11 is 3.47. The Morgan fingerprint density at radius 2 is 1.78 bits per heavy atom. The number of aliphatic hydroxyl groups excluding tert-OH is 1. The highest BCUT2D eigenvalue weighted by atomic mass is 79.9. The lowest BCUT2D eigenvalue weighted by molar-refractivity contribution is 0.112. The van der Waals surface area contributed by atoms with Gasteiger partial charge >= 0.3 is 0 Å². The molecule has 0 saturated heterocycles. The molecule has 0 aromatic heterocycles. The fourth-order valence-corrected chi connectivity index (χ4v) is 2.74. The van der Waals surface area contributed by atoms with Crippen molar-refractivity contribution in [3.63, 3.8) is 0 Å².